The SMILES string of the molecule is CC(C)(C)CC1NCC1C1CCC1. The van der Waals surface area contributed by atoms with Crippen molar-refractivity contribution in [1.82, 2.24) is 5.32 Å². The van der Waals surface area contributed by atoms with Crippen molar-refractivity contribution in [3.8, 4) is 0 Å². The summed E-state index contributed by atoms with van der Waals surface area (Å²) >= 11 is 0. The molecule has 2 aliphatic rings. The van der Waals surface area contributed by atoms with Crippen LogP contribution in [0.4, 0.5) is 0 Å². The van der Waals surface area contributed by atoms with E-state index in [0.29, 0.717) is 5.41 Å². The van der Waals surface area contributed by atoms with Crippen LogP contribution < -0.4 is 5.32 Å². The number of rotatable bonds is 2. The maximum absolute atomic E-state index is 3.60. The standard InChI is InChI=1S/C12H23N/c1-12(2,3)7-11-10(8-13-11)9-5-4-6-9/h9-11,13H,4-8H2,1-3H3. The molecule has 1 saturated heterocycles. The lowest BCUT2D eigenvalue weighted by molar-refractivity contribution is 0.0695. The minimum absolute atomic E-state index is 0.500. The van der Waals surface area contributed by atoms with Gasteiger partial charge in [0.25, 0.3) is 0 Å². The fourth-order valence-corrected chi connectivity index (χ4v) is 2.67. The molecule has 0 amide bonds. The van der Waals surface area contributed by atoms with E-state index in [1.54, 1.807) is 0 Å². The van der Waals surface area contributed by atoms with Crippen molar-refractivity contribution < 1.29 is 0 Å². The maximum Gasteiger partial charge on any atom is 0.0115 e. The van der Waals surface area contributed by atoms with Crippen LogP contribution in [-0.4, -0.2) is 12.6 Å². The molecule has 1 N–H and O–H groups in total. The number of nitrogens with one attached hydrogen (secondary N) is 1. The van der Waals surface area contributed by atoms with Crippen molar-refractivity contribution in [2.24, 2.45) is 17.3 Å². The third-order valence-electron chi connectivity index (χ3n) is 3.72. The molecule has 2 fully saturated rings. The molecule has 0 aromatic carbocycles. The summed E-state index contributed by atoms with van der Waals surface area (Å²) in [5.41, 5.74) is 0.500. The van der Waals surface area contributed by atoms with Crippen molar-refractivity contribution in [2.75, 3.05) is 6.54 Å². The molecule has 1 aliphatic heterocycles. The van der Waals surface area contributed by atoms with Crippen LogP contribution in [0.3, 0.4) is 0 Å². The van der Waals surface area contributed by atoms with Gasteiger partial charge in [-0.1, -0.05) is 40.0 Å². The van der Waals surface area contributed by atoms with Crippen LogP contribution in [0.15, 0.2) is 0 Å². The van der Waals surface area contributed by atoms with Crippen molar-refractivity contribution in [3.63, 3.8) is 0 Å². The number of hydrogen-bond acceptors (Lipinski definition) is 1. The zero-order valence-electron chi connectivity index (χ0n) is 9.27. The van der Waals surface area contributed by atoms with E-state index >= 15 is 0 Å². The van der Waals surface area contributed by atoms with Crippen LogP contribution in [0, 0.1) is 17.3 Å². The van der Waals surface area contributed by atoms with Gasteiger partial charge in [0.2, 0.25) is 0 Å². The molecular weight excluding hydrogens is 158 g/mol. The molecule has 0 spiro atoms. The molecular formula is C12H23N. The predicted octanol–water partition coefficient (Wildman–Crippen LogP) is 2.81. The lowest BCUT2D eigenvalue weighted by Gasteiger charge is -2.48. The van der Waals surface area contributed by atoms with Crippen LogP contribution in [0.2, 0.25) is 0 Å². The molecule has 2 rings (SSSR count). The summed E-state index contributed by atoms with van der Waals surface area (Å²) in [6.45, 7) is 8.35. The summed E-state index contributed by atoms with van der Waals surface area (Å²) in [4.78, 5) is 0. The van der Waals surface area contributed by atoms with Crippen LogP contribution in [0.1, 0.15) is 46.5 Å². The highest BCUT2D eigenvalue weighted by Gasteiger charge is 2.40. The second kappa shape index (κ2) is 3.27. The van der Waals surface area contributed by atoms with Gasteiger partial charge >= 0.3 is 0 Å². The highest BCUT2D eigenvalue weighted by molar-refractivity contribution is 4.96. The summed E-state index contributed by atoms with van der Waals surface area (Å²) in [7, 11) is 0. The third-order valence-corrected chi connectivity index (χ3v) is 3.72. The minimum Gasteiger partial charge on any atom is -0.313 e. The number of hydrogen-bond donors (Lipinski definition) is 1. The minimum atomic E-state index is 0.500. The molecule has 1 heterocycles. The van der Waals surface area contributed by atoms with Gasteiger partial charge in [0.05, 0.1) is 0 Å². The Hall–Kier alpha value is -0.0400. The van der Waals surface area contributed by atoms with E-state index < -0.39 is 0 Å². The van der Waals surface area contributed by atoms with Gasteiger partial charge < -0.3 is 5.32 Å². The van der Waals surface area contributed by atoms with Crippen LogP contribution in [-0.2, 0) is 0 Å². The topological polar surface area (TPSA) is 12.0 Å². The molecule has 1 saturated carbocycles. The molecule has 0 aromatic heterocycles. The fraction of sp³-hybridized carbons (Fsp3) is 1.00. The Morgan fingerprint density at radius 2 is 1.92 bits per heavy atom. The zero-order chi connectivity index (χ0) is 9.47. The molecule has 1 heteroatoms. The predicted molar refractivity (Wildman–Crippen MR) is 56.7 cm³/mol. The third kappa shape index (κ3) is 2.07. The van der Waals surface area contributed by atoms with Crippen LogP contribution in [0.25, 0.3) is 0 Å². The van der Waals surface area contributed by atoms with E-state index in [2.05, 4.69) is 26.1 Å². The van der Waals surface area contributed by atoms with Crippen molar-refractivity contribution >= 4 is 0 Å². The van der Waals surface area contributed by atoms with E-state index in [-0.39, 0.29) is 0 Å². The monoisotopic (exact) mass is 181 g/mol. The smallest absolute Gasteiger partial charge is 0.0115 e. The second-order valence-electron chi connectivity index (χ2n) is 6.13. The first-order valence-electron chi connectivity index (χ1n) is 5.80. The van der Waals surface area contributed by atoms with Gasteiger partial charge in [-0.15, -0.1) is 0 Å². The fourth-order valence-electron chi connectivity index (χ4n) is 2.67. The Morgan fingerprint density at radius 1 is 1.23 bits per heavy atom. The molecule has 2 unspecified atom stereocenters. The molecule has 0 bridgehead atoms. The van der Waals surface area contributed by atoms with E-state index in [4.69, 9.17) is 0 Å². The van der Waals surface area contributed by atoms with Crippen molar-refractivity contribution in [3.05, 3.63) is 0 Å². The first-order valence-corrected chi connectivity index (χ1v) is 5.80. The Morgan fingerprint density at radius 3 is 2.23 bits per heavy atom. The Bertz CT molecular complexity index is 176. The van der Waals surface area contributed by atoms with Gasteiger partial charge in [-0.25, -0.2) is 0 Å². The molecule has 1 nitrogen and oxygen atoms in total. The highest BCUT2D eigenvalue weighted by atomic mass is 15.0. The first kappa shape index (κ1) is 9.51. The highest BCUT2D eigenvalue weighted by Crippen LogP contribution is 2.40. The summed E-state index contributed by atoms with van der Waals surface area (Å²) < 4.78 is 0. The van der Waals surface area contributed by atoms with E-state index in [1.165, 1.54) is 32.2 Å². The summed E-state index contributed by atoms with van der Waals surface area (Å²) in [6, 6.07) is 0.838. The first-order chi connectivity index (χ1) is 6.06. The lowest BCUT2D eigenvalue weighted by atomic mass is 9.66. The average Bonchev–Trinajstić information content (AvgIpc) is 1.88. The normalized spacial score (nSPS) is 35.3. The van der Waals surface area contributed by atoms with Gasteiger partial charge in [-0.3, -0.25) is 0 Å². The van der Waals surface area contributed by atoms with Gasteiger partial charge in [0.15, 0.2) is 0 Å². The molecule has 76 valence electrons. The van der Waals surface area contributed by atoms with Gasteiger partial charge in [-0.2, -0.15) is 0 Å². The van der Waals surface area contributed by atoms with E-state index in [9.17, 15) is 0 Å². The molecule has 2 atom stereocenters. The molecule has 0 aromatic rings. The quantitative estimate of drug-likeness (QED) is 0.690. The second-order valence-corrected chi connectivity index (χ2v) is 6.13. The van der Waals surface area contributed by atoms with Crippen LogP contribution >= 0.6 is 0 Å². The maximum atomic E-state index is 3.60. The van der Waals surface area contributed by atoms with E-state index in [0.717, 1.165) is 17.9 Å². The van der Waals surface area contributed by atoms with Gasteiger partial charge in [-0.05, 0) is 30.2 Å². The van der Waals surface area contributed by atoms with Gasteiger partial charge in [0, 0.05) is 6.04 Å². The molecule has 1 aliphatic carbocycles. The summed E-state index contributed by atoms with van der Waals surface area (Å²) in [5, 5.41) is 3.60. The molecule has 0 radical (unpaired) electrons. The summed E-state index contributed by atoms with van der Waals surface area (Å²) in [6.07, 6.45) is 5.86. The Balaban J connectivity index is 1.80. The zero-order valence-corrected chi connectivity index (χ0v) is 9.27. The lowest BCUT2D eigenvalue weighted by Crippen LogP contribution is -2.58. The van der Waals surface area contributed by atoms with Crippen molar-refractivity contribution in [1.29, 1.82) is 0 Å². The van der Waals surface area contributed by atoms with E-state index in [1.807, 2.05) is 0 Å². The Kier molecular flexibility index (Phi) is 2.39. The molecule has 13 heavy (non-hydrogen) atoms. The average molecular weight is 181 g/mol. The van der Waals surface area contributed by atoms with Gasteiger partial charge in [0.1, 0.15) is 0 Å². The Labute approximate surface area is 82.3 Å². The van der Waals surface area contributed by atoms with Crippen LogP contribution in [0.5, 0.6) is 0 Å². The van der Waals surface area contributed by atoms with Crippen molar-refractivity contribution in [2.45, 2.75) is 52.5 Å². The largest absolute Gasteiger partial charge is 0.313 e. The summed E-state index contributed by atoms with van der Waals surface area (Å²) in [5.74, 6) is 2.10.